The lowest BCUT2D eigenvalue weighted by Crippen LogP contribution is -2.44. The minimum atomic E-state index is -0.446. The quantitative estimate of drug-likeness (QED) is 0.487. The number of aliphatic hydroxyl groups excluding tert-OH is 1. The fraction of sp³-hybridized carbons (Fsp3) is 0.846. The lowest BCUT2D eigenvalue weighted by molar-refractivity contribution is -0.145. The van der Waals surface area contributed by atoms with E-state index in [1.807, 2.05) is 0 Å². The first-order valence-electron chi connectivity index (χ1n) is 6.69. The molecule has 0 heterocycles. The van der Waals surface area contributed by atoms with Crippen molar-refractivity contribution in [2.45, 2.75) is 45.1 Å². The number of ketones is 1. The van der Waals surface area contributed by atoms with Crippen molar-refractivity contribution in [1.82, 2.24) is 4.90 Å². The van der Waals surface area contributed by atoms with E-state index < -0.39 is 5.97 Å². The number of rotatable bonds is 9. The molecule has 0 amide bonds. The fourth-order valence-electron chi connectivity index (χ4n) is 2.07. The molecule has 5 nitrogen and oxygen atoms in total. The van der Waals surface area contributed by atoms with Crippen molar-refractivity contribution in [3.63, 3.8) is 0 Å². The van der Waals surface area contributed by atoms with E-state index in [0.717, 1.165) is 19.4 Å². The summed E-state index contributed by atoms with van der Waals surface area (Å²) in [5.41, 5.74) is 0. The number of carbonyl (C=O) groups excluding carboxylic acids is 2. The second kappa shape index (κ2) is 8.21. The number of esters is 1. The highest BCUT2D eigenvalue weighted by atomic mass is 16.5. The van der Waals surface area contributed by atoms with E-state index in [1.54, 1.807) is 6.92 Å². The second-order valence-corrected chi connectivity index (χ2v) is 4.65. The van der Waals surface area contributed by atoms with Crippen LogP contribution >= 0.6 is 0 Å². The van der Waals surface area contributed by atoms with Crippen LogP contribution in [0.5, 0.6) is 0 Å². The van der Waals surface area contributed by atoms with Gasteiger partial charge in [-0.25, -0.2) is 0 Å². The van der Waals surface area contributed by atoms with Gasteiger partial charge in [0.15, 0.2) is 5.78 Å². The van der Waals surface area contributed by atoms with Gasteiger partial charge in [0.1, 0.15) is 6.42 Å². The van der Waals surface area contributed by atoms with Crippen molar-refractivity contribution < 1.29 is 19.4 Å². The Kier molecular flexibility index (Phi) is 6.90. The molecule has 0 saturated heterocycles. The molecular weight excluding hydrogens is 234 g/mol. The van der Waals surface area contributed by atoms with Crippen LogP contribution in [-0.2, 0) is 14.3 Å². The number of ether oxygens (including phenoxy) is 1. The van der Waals surface area contributed by atoms with Gasteiger partial charge in [-0.3, -0.25) is 14.5 Å². The van der Waals surface area contributed by atoms with Gasteiger partial charge in [0.25, 0.3) is 0 Å². The topological polar surface area (TPSA) is 66.8 Å². The van der Waals surface area contributed by atoms with E-state index in [9.17, 15) is 9.59 Å². The highest BCUT2D eigenvalue weighted by Crippen LogP contribution is 2.24. The number of Topliss-reactive ketones (excluding diaryl/α,β-unsaturated/α-hetero) is 1. The summed E-state index contributed by atoms with van der Waals surface area (Å²) in [6, 6.07) is 0.447. The summed E-state index contributed by atoms with van der Waals surface area (Å²) in [5, 5.41) is 8.85. The number of hydrogen-bond donors (Lipinski definition) is 1. The Balaban J connectivity index is 2.34. The number of aliphatic hydroxyl groups is 1. The molecule has 1 aliphatic carbocycles. The van der Waals surface area contributed by atoms with Crippen LogP contribution in [0.4, 0.5) is 0 Å². The van der Waals surface area contributed by atoms with Gasteiger partial charge in [-0.05, 0) is 26.2 Å². The van der Waals surface area contributed by atoms with Crippen LogP contribution in [0.1, 0.15) is 39.0 Å². The van der Waals surface area contributed by atoms with E-state index in [4.69, 9.17) is 9.84 Å². The third-order valence-electron chi connectivity index (χ3n) is 3.22. The molecule has 5 heteroatoms. The third kappa shape index (κ3) is 5.14. The second-order valence-electron chi connectivity index (χ2n) is 4.65. The van der Waals surface area contributed by atoms with Gasteiger partial charge in [-0.2, -0.15) is 0 Å². The molecule has 1 aliphatic rings. The Bertz CT molecular complexity index is 276. The van der Waals surface area contributed by atoms with Crippen LogP contribution in [0.25, 0.3) is 0 Å². The first kappa shape index (κ1) is 15.1. The molecule has 1 rings (SSSR count). The molecule has 0 aromatic carbocycles. The molecule has 0 bridgehead atoms. The molecule has 0 aliphatic heterocycles. The molecular formula is C13H23NO4. The maximum absolute atomic E-state index is 11.7. The zero-order valence-electron chi connectivity index (χ0n) is 11.1. The molecule has 104 valence electrons. The summed E-state index contributed by atoms with van der Waals surface area (Å²) in [5.74, 6) is -0.545. The standard InChI is InChI=1S/C13H23NO4/c1-2-18-13(17)9-12(16)10-14(7-4-8-15)11-5-3-6-11/h11,15H,2-10H2,1H3. The minimum absolute atomic E-state index is 0.0988. The third-order valence-corrected chi connectivity index (χ3v) is 3.22. The highest BCUT2D eigenvalue weighted by molar-refractivity contribution is 5.96. The number of carbonyl (C=O) groups is 2. The van der Waals surface area contributed by atoms with Crippen LogP contribution < -0.4 is 0 Å². The molecule has 0 radical (unpaired) electrons. The zero-order chi connectivity index (χ0) is 13.4. The Labute approximate surface area is 108 Å². The molecule has 0 spiro atoms. The van der Waals surface area contributed by atoms with Crippen molar-refractivity contribution in [2.24, 2.45) is 0 Å². The zero-order valence-corrected chi connectivity index (χ0v) is 11.1. The van der Waals surface area contributed by atoms with E-state index in [2.05, 4.69) is 4.90 Å². The Hall–Kier alpha value is -0.940. The average molecular weight is 257 g/mol. The van der Waals surface area contributed by atoms with Crippen molar-refractivity contribution in [2.75, 3.05) is 26.3 Å². The van der Waals surface area contributed by atoms with Crippen LogP contribution in [0.2, 0.25) is 0 Å². The lowest BCUT2D eigenvalue weighted by atomic mass is 9.91. The van der Waals surface area contributed by atoms with Crippen molar-refractivity contribution in [3.8, 4) is 0 Å². The summed E-state index contributed by atoms with van der Waals surface area (Å²) >= 11 is 0. The first-order chi connectivity index (χ1) is 8.67. The van der Waals surface area contributed by atoms with Crippen LogP contribution in [0.3, 0.4) is 0 Å². The molecule has 0 unspecified atom stereocenters. The van der Waals surface area contributed by atoms with Crippen LogP contribution in [0, 0.1) is 0 Å². The summed E-state index contributed by atoms with van der Waals surface area (Å²) < 4.78 is 4.76. The molecule has 0 aromatic heterocycles. The number of nitrogens with zero attached hydrogens (tertiary/aromatic N) is 1. The largest absolute Gasteiger partial charge is 0.466 e. The van der Waals surface area contributed by atoms with Gasteiger partial charge < -0.3 is 9.84 Å². The fourth-order valence-corrected chi connectivity index (χ4v) is 2.07. The average Bonchev–Trinajstić information content (AvgIpc) is 2.23. The van der Waals surface area contributed by atoms with Crippen molar-refractivity contribution in [1.29, 1.82) is 0 Å². The summed E-state index contributed by atoms with van der Waals surface area (Å²) in [7, 11) is 0. The predicted octanol–water partition coefficient (Wildman–Crippen LogP) is 0.746. The van der Waals surface area contributed by atoms with Crippen LogP contribution in [0.15, 0.2) is 0 Å². The van der Waals surface area contributed by atoms with Gasteiger partial charge in [-0.1, -0.05) is 6.42 Å². The normalized spacial score (nSPS) is 15.5. The smallest absolute Gasteiger partial charge is 0.313 e. The Morgan fingerprint density at radius 3 is 2.61 bits per heavy atom. The summed E-state index contributed by atoms with van der Waals surface area (Å²) in [6.45, 7) is 3.18. The summed E-state index contributed by atoms with van der Waals surface area (Å²) in [6.07, 6.45) is 3.95. The Morgan fingerprint density at radius 2 is 2.11 bits per heavy atom. The molecule has 18 heavy (non-hydrogen) atoms. The summed E-state index contributed by atoms with van der Waals surface area (Å²) in [4.78, 5) is 25.0. The van der Waals surface area contributed by atoms with Crippen molar-refractivity contribution >= 4 is 11.8 Å². The van der Waals surface area contributed by atoms with Gasteiger partial charge in [0, 0.05) is 19.2 Å². The molecule has 0 aromatic rings. The van der Waals surface area contributed by atoms with Gasteiger partial charge in [-0.15, -0.1) is 0 Å². The maximum atomic E-state index is 11.7. The molecule has 0 atom stereocenters. The van der Waals surface area contributed by atoms with E-state index in [1.165, 1.54) is 6.42 Å². The molecule has 1 fully saturated rings. The van der Waals surface area contributed by atoms with E-state index in [-0.39, 0.29) is 18.8 Å². The SMILES string of the molecule is CCOC(=O)CC(=O)CN(CCCO)C1CCC1. The molecule has 1 saturated carbocycles. The predicted molar refractivity (Wildman–Crippen MR) is 67.2 cm³/mol. The van der Waals surface area contributed by atoms with Gasteiger partial charge in [0.2, 0.25) is 0 Å². The maximum Gasteiger partial charge on any atom is 0.313 e. The van der Waals surface area contributed by atoms with Crippen LogP contribution in [-0.4, -0.2) is 54.1 Å². The van der Waals surface area contributed by atoms with E-state index in [0.29, 0.717) is 25.6 Å². The number of hydrogen-bond acceptors (Lipinski definition) is 5. The minimum Gasteiger partial charge on any atom is -0.466 e. The van der Waals surface area contributed by atoms with Crippen molar-refractivity contribution in [3.05, 3.63) is 0 Å². The monoisotopic (exact) mass is 257 g/mol. The Morgan fingerprint density at radius 1 is 1.39 bits per heavy atom. The lowest BCUT2D eigenvalue weighted by Gasteiger charge is -2.37. The highest BCUT2D eigenvalue weighted by Gasteiger charge is 2.26. The molecule has 1 N–H and O–H groups in total. The van der Waals surface area contributed by atoms with E-state index >= 15 is 0 Å². The first-order valence-corrected chi connectivity index (χ1v) is 6.69. The van der Waals surface area contributed by atoms with Gasteiger partial charge in [0.05, 0.1) is 13.2 Å². The van der Waals surface area contributed by atoms with Gasteiger partial charge >= 0.3 is 5.97 Å².